The van der Waals surface area contributed by atoms with Gasteiger partial charge in [0.2, 0.25) is 0 Å². The molecule has 0 heterocycles. The summed E-state index contributed by atoms with van der Waals surface area (Å²) in [5, 5.41) is 0. The predicted octanol–water partition coefficient (Wildman–Crippen LogP) is 3.78. The van der Waals surface area contributed by atoms with Crippen molar-refractivity contribution in [3.8, 4) is 11.1 Å². The van der Waals surface area contributed by atoms with Crippen LogP contribution in [0.4, 0.5) is 4.39 Å². The fourth-order valence-electron chi connectivity index (χ4n) is 1.37. The van der Waals surface area contributed by atoms with Crippen LogP contribution in [0.1, 0.15) is 0 Å². The van der Waals surface area contributed by atoms with Crippen molar-refractivity contribution < 1.29 is 4.39 Å². The lowest BCUT2D eigenvalue weighted by atomic mass is 10.1. The molecule has 2 rings (SSSR count). The zero-order valence-electron chi connectivity index (χ0n) is 7.44. The van der Waals surface area contributed by atoms with Crippen LogP contribution in [0.2, 0.25) is 0 Å². The molecule has 0 aliphatic rings. The van der Waals surface area contributed by atoms with Crippen LogP contribution in [0, 0.1) is 5.82 Å². The first-order valence-electron chi connectivity index (χ1n) is 4.31. The highest BCUT2D eigenvalue weighted by Gasteiger charge is 2.01. The van der Waals surface area contributed by atoms with Crippen molar-refractivity contribution in [2.24, 2.45) is 0 Å². The smallest absolute Gasteiger partial charge is 0.123 e. The molecule has 0 aliphatic carbocycles. The molecule has 2 aromatic rings. The molecule has 0 bridgehead atoms. The second-order valence-electron chi connectivity index (χ2n) is 3.03. The van der Waals surface area contributed by atoms with Gasteiger partial charge in [0, 0.05) is 4.90 Å². The molecule has 0 N–H and O–H groups in total. The highest BCUT2D eigenvalue weighted by atomic mass is 32.1. The van der Waals surface area contributed by atoms with Crippen LogP contribution in [0.3, 0.4) is 0 Å². The van der Waals surface area contributed by atoms with Gasteiger partial charge >= 0.3 is 0 Å². The third-order valence-corrected chi connectivity index (χ3v) is 2.43. The third kappa shape index (κ3) is 1.80. The van der Waals surface area contributed by atoms with Crippen molar-refractivity contribution in [2.45, 2.75) is 4.90 Å². The lowest BCUT2D eigenvalue weighted by Gasteiger charge is -2.04. The van der Waals surface area contributed by atoms with Gasteiger partial charge in [0.1, 0.15) is 5.82 Å². The van der Waals surface area contributed by atoms with Crippen LogP contribution < -0.4 is 0 Å². The van der Waals surface area contributed by atoms with E-state index in [0.29, 0.717) is 0 Å². The highest BCUT2D eigenvalue weighted by molar-refractivity contribution is 7.80. The Kier molecular flexibility index (Phi) is 2.55. The van der Waals surface area contributed by atoms with Gasteiger partial charge in [0.15, 0.2) is 0 Å². The van der Waals surface area contributed by atoms with E-state index in [-0.39, 0.29) is 5.82 Å². The van der Waals surface area contributed by atoms with E-state index in [1.807, 2.05) is 30.3 Å². The molecule has 0 aromatic heterocycles. The standard InChI is InChI=1S/C12H9FS/c13-10-5-3-4-9(8-10)11-6-1-2-7-12(11)14/h1-8,14H. The molecule has 0 radical (unpaired) electrons. The quantitative estimate of drug-likeness (QED) is 0.671. The van der Waals surface area contributed by atoms with E-state index in [1.54, 1.807) is 6.07 Å². The fourth-order valence-corrected chi connectivity index (χ4v) is 1.66. The van der Waals surface area contributed by atoms with E-state index in [2.05, 4.69) is 12.6 Å². The van der Waals surface area contributed by atoms with Gasteiger partial charge in [0.05, 0.1) is 0 Å². The maximum Gasteiger partial charge on any atom is 0.123 e. The van der Waals surface area contributed by atoms with Crippen LogP contribution in [0.5, 0.6) is 0 Å². The van der Waals surface area contributed by atoms with Crippen molar-refractivity contribution in [3.05, 3.63) is 54.3 Å². The molecular formula is C12H9FS. The SMILES string of the molecule is Fc1cccc(-c2ccccc2S)c1. The van der Waals surface area contributed by atoms with Gasteiger partial charge in [-0.15, -0.1) is 12.6 Å². The maximum atomic E-state index is 13.0. The monoisotopic (exact) mass is 204 g/mol. The Balaban J connectivity index is 2.55. The van der Waals surface area contributed by atoms with Gasteiger partial charge in [-0.05, 0) is 29.3 Å². The topological polar surface area (TPSA) is 0 Å². The molecule has 0 fully saturated rings. The summed E-state index contributed by atoms with van der Waals surface area (Å²) in [7, 11) is 0. The summed E-state index contributed by atoms with van der Waals surface area (Å²) in [6.45, 7) is 0. The Hall–Kier alpha value is -1.28. The summed E-state index contributed by atoms with van der Waals surface area (Å²) < 4.78 is 13.0. The van der Waals surface area contributed by atoms with E-state index < -0.39 is 0 Å². The zero-order chi connectivity index (χ0) is 9.97. The fraction of sp³-hybridized carbons (Fsp3) is 0. The molecule has 0 atom stereocenters. The average Bonchev–Trinajstić information content (AvgIpc) is 2.18. The van der Waals surface area contributed by atoms with Crippen LogP contribution in [0.25, 0.3) is 11.1 Å². The predicted molar refractivity (Wildman–Crippen MR) is 59.1 cm³/mol. The van der Waals surface area contributed by atoms with Gasteiger partial charge in [-0.3, -0.25) is 0 Å². The Morgan fingerprint density at radius 1 is 0.929 bits per heavy atom. The Morgan fingerprint density at radius 3 is 2.43 bits per heavy atom. The summed E-state index contributed by atoms with van der Waals surface area (Å²) in [4.78, 5) is 0.859. The first kappa shape index (κ1) is 9.28. The van der Waals surface area contributed by atoms with Crippen molar-refractivity contribution >= 4 is 12.6 Å². The summed E-state index contributed by atoms with van der Waals surface area (Å²) in [5.74, 6) is -0.223. The van der Waals surface area contributed by atoms with Crippen molar-refractivity contribution in [2.75, 3.05) is 0 Å². The van der Waals surface area contributed by atoms with E-state index >= 15 is 0 Å². The summed E-state index contributed by atoms with van der Waals surface area (Å²) in [6.07, 6.45) is 0. The normalized spacial score (nSPS) is 10.1. The lowest BCUT2D eigenvalue weighted by Crippen LogP contribution is -1.81. The van der Waals surface area contributed by atoms with Gasteiger partial charge in [-0.2, -0.15) is 0 Å². The van der Waals surface area contributed by atoms with Crippen LogP contribution in [-0.4, -0.2) is 0 Å². The Labute approximate surface area is 87.8 Å². The number of thiol groups is 1. The minimum absolute atomic E-state index is 0.223. The Morgan fingerprint density at radius 2 is 1.71 bits per heavy atom. The maximum absolute atomic E-state index is 13.0. The van der Waals surface area contributed by atoms with Crippen LogP contribution in [-0.2, 0) is 0 Å². The highest BCUT2D eigenvalue weighted by Crippen LogP contribution is 2.26. The first-order chi connectivity index (χ1) is 6.77. The van der Waals surface area contributed by atoms with Crippen LogP contribution in [0.15, 0.2) is 53.4 Å². The minimum atomic E-state index is -0.223. The second-order valence-corrected chi connectivity index (χ2v) is 3.51. The van der Waals surface area contributed by atoms with Crippen molar-refractivity contribution in [3.63, 3.8) is 0 Å². The molecule has 14 heavy (non-hydrogen) atoms. The van der Waals surface area contributed by atoms with Gasteiger partial charge in [-0.25, -0.2) is 4.39 Å². The molecule has 0 amide bonds. The molecule has 0 unspecified atom stereocenters. The molecule has 0 saturated carbocycles. The third-order valence-electron chi connectivity index (χ3n) is 2.04. The molecule has 0 aliphatic heterocycles. The molecule has 2 heteroatoms. The van der Waals surface area contributed by atoms with E-state index in [1.165, 1.54) is 12.1 Å². The molecular weight excluding hydrogens is 195 g/mol. The number of hydrogen-bond acceptors (Lipinski definition) is 1. The molecule has 70 valence electrons. The zero-order valence-corrected chi connectivity index (χ0v) is 8.34. The van der Waals surface area contributed by atoms with E-state index in [9.17, 15) is 4.39 Å². The minimum Gasteiger partial charge on any atom is -0.207 e. The molecule has 0 nitrogen and oxygen atoms in total. The van der Waals surface area contributed by atoms with Gasteiger partial charge in [-0.1, -0.05) is 30.3 Å². The largest absolute Gasteiger partial charge is 0.207 e. The summed E-state index contributed by atoms with van der Waals surface area (Å²) in [6, 6.07) is 14.2. The Bertz CT molecular complexity index is 452. The number of hydrogen-bond donors (Lipinski definition) is 1. The van der Waals surface area contributed by atoms with Crippen molar-refractivity contribution in [1.29, 1.82) is 0 Å². The number of halogens is 1. The van der Waals surface area contributed by atoms with Crippen molar-refractivity contribution in [1.82, 2.24) is 0 Å². The number of benzene rings is 2. The molecule has 2 aromatic carbocycles. The summed E-state index contributed by atoms with van der Waals surface area (Å²) >= 11 is 4.32. The first-order valence-corrected chi connectivity index (χ1v) is 4.76. The molecule has 0 saturated heterocycles. The summed E-state index contributed by atoms with van der Waals surface area (Å²) in [5.41, 5.74) is 1.81. The second kappa shape index (κ2) is 3.84. The molecule has 0 spiro atoms. The van der Waals surface area contributed by atoms with E-state index in [4.69, 9.17) is 0 Å². The van der Waals surface area contributed by atoms with Gasteiger partial charge < -0.3 is 0 Å². The number of rotatable bonds is 1. The van der Waals surface area contributed by atoms with Gasteiger partial charge in [0.25, 0.3) is 0 Å². The lowest BCUT2D eigenvalue weighted by molar-refractivity contribution is 0.628. The van der Waals surface area contributed by atoms with Crippen LogP contribution >= 0.6 is 12.6 Å². The van der Waals surface area contributed by atoms with E-state index in [0.717, 1.165) is 16.0 Å². The average molecular weight is 204 g/mol.